The van der Waals surface area contributed by atoms with Crippen molar-refractivity contribution in [3.05, 3.63) is 34.9 Å². The molecule has 1 aliphatic heterocycles. The molecule has 2 N–H and O–H groups in total. The van der Waals surface area contributed by atoms with Gasteiger partial charge in [0.05, 0.1) is 0 Å². The Morgan fingerprint density at radius 3 is 2.68 bits per heavy atom. The van der Waals surface area contributed by atoms with Gasteiger partial charge in [-0.1, -0.05) is 25.1 Å². The van der Waals surface area contributed by atoms with Crippen LogP contribution in [0.2, 0.25) is 0 Å². The molecule has 0 bridgehead atoms. The fourth-order valence-electron chi connectivity index (χ4n) is 3.78. The summed E-state index contributed by atoms with van der Waals surface area (Å²) in [5.74, 6) is 0.467. The molecule has 2 amide bonds. The van der Waals surface area contributed by atoms with Crippen molar-refractivity contribution in [3.63, 3.8) is 0 Å². The Bertz CT molecular complexity index is 581. The van der Waals surface area contributed by atoms with E-state index in [0.717, 1.165) is 39.3 Å². The summed E-state index contributed by atoms with van der Waals surface area (Å²) in [6, 6.07) is 6.54. The van der Waals surface area contributed by atoms with E-state index in [-0.39, 0.29) is 6.03 Å². The molecular formula is C20H32N4O. The van der Waals surface area contributed by atoms with Crippen molar-refractivity contribution in [2.75, 3.05) is 46.3 Å². The van der Waals surface area contributed by atoms with Crippen LogP contribution in [-0.4, -0.2) is 62.1 Å². The van der Waals surface area contributed by atoms with Gasteiger partial charge in [0.15, 0.2) is 0 Å². The van der Waals surface area contributed by atoms with E-state index in [1.807, 2.05) is 0 Å². The number of likely N-dealkylation sites (N-methyl/N-ethyl adjacent to an activating group) is 1. The molecule has 1 aliphatic carbocycles. The van der Waals surface area contributed by atoms with Crippen LogP contribution in [-0.2, 0) is 19.4 Å². The molecule has 1 aromatic carbocycles. The zero-order valence-electron chi connectivity index (χ0n) is 15.7. The zero-order chi connectivity index (χ0) is 17.6. The minimum Gasteiger partial charge on any atom is -0.338 e. The molecule has 0 saturated carbocycles. The van der Waals surface area contributed by atoms with Crippen molar-refractivity contribution >= 4 is 6.03 Å². The second-order valence-corrected chi connectivity index (χ2v) is 7.73. The Morgan fingerprint density at radius 2 is 1.88 bits per heavy atom. The van der Waals surface area contributed by atoms with Crippen LogP contribution >= 0.6 is 0 Å². The maximum atomic E-state index is 12.0. The van der Waals surface area contributed by atoms with E-state index in [1.165, 1.54) is 36.0 Å². The summed E-state index contributed by atoms with van der Waals surface area (Å²) in [5.41, 5.74) is 4.13. The number of carbonyl (C=O) groups is 1. The van der Waals surface area contributed by atoms with Crippen LogP contribution in [0.25, 0.3) is 0 Å². The molecule has 1 aromatic rings. The van der Waals surface area contributed by atoms with Gasteiger partial charge >= 0.3 is 6.03 Å². The van der Waals surface area contributed by atoms with E-state index in [2.05, 4.69) is 52.6 Å². The molecule has 1 fully saturated rings. The van der Waals surface area contributed by atoms with Crippen LogP contribution in [0, 0.1) is 5.92 Å². The van der Waals surface area contributed by atoms with Crippen molar-refractivity contribution in [1.82, 2.24) is 20.4 Å². The molecule has 0 radical (unpaired) electrons. The molecule has 2 aliphatic rings. The molecule has 138 valence electrons. The highest BCUT2D eigenvalue weighted by Crippen LogP contribution is 2.22. The second kappa shape index (κ2) is 8.68. The summed E-state index contributed by atoms with van der Waals surface area (Å²) in [5, 5.41) is 6.00. The van der Waals surface area contributed by atoms with Crippen LogP contribution in [0.4, 0.5) is 4.79 Å². The molecule has 3 rings (SSSR count). The maximum absolute atomic E-state index is 12.0. The summed E-state index contributed by atoms with van der Waals surface area (Å²) >= 11 is 0. The van der Waals surface area contributed by atoms with Gasteiger partial charge in [0.25, 0.3) is 0 Å². The van der Waals surface area contributed by atoms with Gasteiger partial charge in [-0.3, -0.25) is 0 Å². The third kappa shape index (κ3) is 5.44. The predicted molar refractivity (Wildman–Crippen MR) is 102 cm³/mol. The summed E-state index contributed by atoms with van der Waals surface area (Å²) in [6.45, 7) is 9.13. The molecule has 0 spiro atoms. The topological polar surface area (TPSA) is 47.6 Å². The van der Waals surface area contributed by atoms with Gasteiger partial charge in [0, 0.05) is 45.8 Å². The van der Waals surface area contributed by atoms with Gasteiger partial charge in [0.1, 0.15) is 0 Å². The number of nitrogens with one attached hydrogen (secondary N) is 2. The summed E-state index contributed by atoms with van der Waals surface area (Å²) in [7, 11) is 2.17. The second-order valence-electron chi connectivity index (χ2n) is 7.73. The minimum atomic E-state index is -0.0641. The van der Waals surface area contributed by atoms with Crippen molar-refractivity contribution < 1.29 is 4.79 Å². The number of nitrogens with zero attached hydrogens (tertiary/aromatic N) is 2. The lowest BCUT2D eigenvalue weighted by Gasteiger charge is -2.33. The van der Waals surface area contributed by atoms with Crippen molar-refractivity contribution in [2.45, 2.75) is 32.7 Å². The first-order valence-corrected chi connectivity index (χ1v) is 9.63. The molecule has 1 heterocycles. The SMILES string of the molecule is C[C@H](CNC(=O)NCc1ccc2c(c1)CCC2)CN1CCN(C)CC1. The number of carbonyl (C=O) groups excluding carboxylic acids is 1. The highest BCUT2D eigenvalue weighted by Gasteiger charge is 2.16. The third-order valence-corrected chi connectivity index (χ3v) is 5.39. The average Bonchev–Trinajstić information content (AvgIpc) is 3.08. The van der Waals surface area contributed by atoms with Crippen molar-refractivity contribution in [2.24, 2.45) is 5.92 Å². The number of rotatable bonds is 6. The summed E-state index contributed by atoms with van der Waals surface area (Å²) < 4.78 is 0. The van der Waals surface area contributed by atoms with Crippen LogP contribution in [0.3, 0.4) is 0 Å². The van der Waals surface area contributed by atoms with Gasteiger partial charge in [-0.25, -0.2) is 4.79 Å². The Balaban J connectivity index is 1.33. The molecule has 1 saturated heterocycles. The maximum Gasteiger partial charge on any atom is 0.315 e. The zero-order valence-corrected chi connectivity index (χ0v) is 15.7. The fourth-order valence-corrected chi connectivity index (χ4v) is 3.78. The van der Waals surface area contributed by atoms with E-state index in [0.29, 0.717) is 12.5 Å². The van der Waals surface area contributed by atoms with Crippen molar-refractivity contribution in [3.8, 4) is 0 Å². The van der Waals surface area contributed by atoms with Gasteiger partial charge in [0.2, 0.25) is 0 Å². The van der Waals surface area contributed by atoms with Gasteiger partial charge in [-0.05, 0) is 48.9 Å². The van der Waals surface area contributed by atoms with Crippen LogP contribution < -0.4 is 10.6 Å². The Labute approximate surface area is 151 Å². The largest absolute Gasteiger partial charge is 0.338 e. The quantitative estimate of drug-likeness (QED) is 0.828. The van der Waals surface area contributed by atoms with Crippen molar-refractivity contribution in [1.29, 1.82) is 0 Å². The normalized spacial score (nSPS) is 19.4. The van der Waals surface area contributed by atoms with Crippen LogP contribution in [0.5, 0.6) is 0 Å². The molecule has 0 unspecified atom stereocenters. The number of hydrogen-bond donors (Lipinski definition) is 2. The van der Waals surface area contributed by atoms with E-state index in [1.54, 1.807) is 0 Å². The van der Waals surface area contributed by atoms with Gasteiger partial charge in [-0.15, -0.1) is 0 Å². The lowest BCUT2D eigenvalue weighted by molar-refractivity contribution is 0.138. The molecule has 1 atom stereocenters. The minimum absolute atomic E-state index is 0.0641. The standard InChI is InChI=1S/C20H32N4O/c1-16(15-24-10-8-23(2)9-11-24)13-21-20(25)22-14-17-6-7-18-4-3-5-19(18)12-17/h6-7,12,16H,3-5,8-11,13-15H2,1-2H3,(H2,21,22,25)/t16-/m1/s1. The summed E-state index contributed by atoms with van der Waals surface area (Å²) in [6.07, 6.45) is 3.64. The number of aryl methyl sites for hydroxylation is 2. The van der Waals surface area contributed by atoms with Gasteiger partial charge in [-0.2, -0.15) is 0 Å². The fraction of sp³-hybridized carbons (Fsp3) is 0.650. The highest BCUT2D eigenvalue weighted by molar-refractivity contribution is 5.73. The van der Waals surface area contributed by atoms with E-state index < -0.39 is 0 Å². The molecule has 0 aromatic heterocycles. The third-order valence-electron chi connectivity index (χ3n) is 5.39. The Kier molecular flexibility index (Phi) is 6.32. The number of hydrogen-bond acceptors (Lipinski definition) is 3. The average molecular weight is 345 g/mol. The number of fused-ring (bicyclic) bond motifs is 1. The van der Waals surface area contributed by atoms with Crippen LogP contribution in [0.15, 0.2) is 18.2 Å². The molecule has 5 nitrogen and oxygen atoms in total. The Morgan fingerprint density at radius 1 is 1.12 bits per heavy atom. The summed E-state index contributed by atoms with van der Waals surface area (Å²) in [4.78, 5) is 16.9. The lowest BCUT2D eigenvalue weighted by atomic mass is 10.1. The first-order chi connectivity index (χ1) is 12.1. The van der Waals surface area contributed by atoms with Gasteiger partial charge < -0.3 is 20.4 Å². The first kappa shape index (κ1) is 18.2. The monoisotopic (exact) mass is 344 g/mol. The predicted octanol–water partition coefficient (Wildman–Crippen LogP) is 1.86. The number of piperazine rings is 1. The lowest BCUT2D eigenvalue weighted by Crippen LogP contribution is -2.47. The van der Waals surface area contributed by atoms with E-state index in [4.69, 9.17) is 0 Å². The number of urea groups is 1. The number of amides is 2. The molecular weight excluding hydrogens is 312 g/mol. The smallest absolute Gasteiger partial charge is 0.315 e. The van der Waals surface area contributed by atoms with E-state index >= 15 is 0 Å². The molecule has 25 heavy (non-hydrogen) atoms. The Hall–Kier alpha value is -1.59. The van der Waals surface area contributed by atoms with Crippen LogP contribution in [0.1, 0.15) is 30.0 Å². The highest BCUT2D eigenvalue weighted by atomic mass is 16.2. The number of benzene rings is 1. The molecule has 5 heteroatoms. The van der Waals surface area contributed by atoms with E-state index in [9.17, 15) is 4.79 Å². The first-order valence-electron chi connectivity index (χ1n) is 9.63.